The van der Waals surface area contributed by atoms with E-state index in [4.69, 9.17) is 0 Å². The van der Waals surface area contributed by atoms with Crippen molar-refractivity contribution in [3.05, 3.63) is 157 Å². The van der Waals surface area contributed by atoms with Crippen molar-refractivity contribution in [2.45, 2.75) is 13.8 Å². The first kappa shape index (κ1) is 26.3. The second-order valence-corrected chi connectivity index (χ2v) is 13.0. The topological polar surface area (TPSA) is 12.0 Å². The first-order chi connectivity index (χ1) is 23.2. The van der Waals surface area contributed by atoms with Crippen LogP contribution in [0.4, 0.5) is 11.4 Å². The summed E-state index contributed by atoms with van der Waals surface area (Å²) in [4.78, 5) is 0. The van der Waals surface area contributed by atoms with E-state index in [2.05, 4.69) is 165 Å². The molecule has 8 aromatic rings. The van der Waals surface area contributed by atoms with Gasteiger partial charge in [0.2, 0.25) is 0 Å². The lowest BCUT2D eigenvalue weighted by Gasteiger charge is -2.22. The summed E-state index contributed by atoms with van der Waals surface area (Å²) in [7, 11) is 0. The second-order valence-electron chi connectivity index (χ2n) is 13.0. The number of para-hydroxylation sites is 1. The Morgan fingerprint density at radius 2 is 0.787 bits per heavy atom. The normalized spacial score (nSPS) is 12.0. The Hall–Kier alpha value is -5.92. The minimum absolute atomic E-state index is 1.10. The van der Waals surface area contributed by atoms with Gasteiger partial charge in [-0.25, -0.2) is 0 Å². The smallest absolute Gasteiger partial charge is 0.0390 e. The predicted molar refractivity (Wildman–Crippen MR) is 200 cm³/mol. The van der Waals surface area contributed by atoms with Gasteiger partial charge in [0.15, 0.2) is 0 Å². The number of benzene rings is 8. The Kier molecular flexibility index (Phi) is 5.48. The molecule has 2 aliphatic carbocycles. The maximum atomic E-state index is 3.62. The van der Waals surface area contributed by atoms with Gasteiger partial charge < -0.3 is 5.32 Å². The minimum Gasteiger partial charge on any atom is -0.356 e. The highest BCUT2D eigenvalue weighted by molar-refractivity contribution is 6.32. The molecule has 1 heteroatoms. The first-order valence-corrected chi connectivity index (χ1v) is 16.5. The summed E-state index contributed by atoms with van der Waals surface area (Å²) >= 11 is 0. The molecule has 1 N–H and O–H groups in total. The average molecular weight is 598 g/mol. The van der Waals surface area contributed by atoms with Gasteiger partial charge in [0.25, 0.3) is 0 Å². The van der Waals surface area contributed by atoms with Gasteiger partial charge in [-0.1, -0.05) is 121 Å². The number of hydrogen-bond donors (Lipinski definition) is 1. The molecule has 0 aliphatic heterocycles. The van der Waals surface area contributed by atoms with Gasteiger partial charge in [0, 0.05) is 11.4 Å². The Morgan fingerprint density at radius 3 is 1.38 bits per heavy atom. The SMILES string of the molecule is Cc1ccccc1-c1c2c(c(-c3ccccc3C)c3ccccc13)-c1ccc3c4c(ccc-2c14)-c1ccc(Nc2ccccc2)cc1-3. The van der Waals surface area contributed by atoms with Crippen molar-refractivity contribution in [1.82, 2.24) is 0 Å². The van der Waals surface area contributed by atoms with Crippen LogP contribution in [0.1, 0.15) is 11.1 Å². The molecule has 2 aliphatic rings. The van der Waals surface area contributed by atoms with Crippen LogP contribution in [0, 0.1) is 13.8 Å². The van der Waals surface area contributed by atoms with E-state index < -0.39 is 0 Å². The number of anilines is 2. The Labute approximate surface area is 274 Å². The average Bonchev–Trinajstić information content (AvgIpc) is 3.60. The zero-order valence-electron chi connectivity index (χ0n) is 26.4. The van der Waals surface area contributed by atoms with Crippen LogP contribution >= 0.6 is 0 Å². The molecular formula is C46H31N. The van der Waals surface area contributed by atoms with E-state index in [-0.39, 0.29) is 0 Å². The number of nitrogens with one attached hydrogen (secondary N) is 1. The summed E-state index contributed by atoms with van der Waals surface area (Å²) in [5.74, 6) is 0. The number of hydrogen-bond acceptors (Lipinski definition) is 1. The molecule has 0 amide bonds. The number of fused-ring (bicyclic) bond motifs is 7. The van der Waals surface area contributed by atoms with Gasteiger partial charge in [0.05, 0.1) is 0 Å². The van der Waals surface area contributed by atoms with Crippen molar-refractivity contribution in [3.63, 3.8) is 0 Å². The highest BCUT2D eigenvalue weighted by atomic mass is 14.9. The molecule has 0 fully saturated rings. The van der Waals surface area contributed by atoms with E-state index in [1.165, 1.54) is 99.4 Å². The maximum absolute atomic E-state index is 3.62. The highest BCUT2D eigenvalue weighted by Gasteiger charge is 2.34. The van der Waals surface area contributed by atoms with E-state index >= 15 is 0 Å². The molecule has 0 atom stereocenters. The van der Waals surface area contributed by atoms with Crippen LogP contribution in [-0.2, 0) is 0 Å². The number of rotatable bonds is 4. The van der Waals surface area contributed by atoms with Gasteiger partial charge in [-0.15, -0.1) is 0 Å². The first-order valence-electron chi connectivity index (χ1n) is 16.5. The predicted octanol–water partition coefficient (Wildman–Crippen LogP) is 13.0. The Balaban J connectivity index is 1.31. The third-order valence-electron chi connectivity index (χ3n) is 10.4. The fraction of sp³-hybridized carbons (Fsp3) is 0.0435. The molecule has 220 valence electrons. The van der Waals surface area contributed by atoms with Crippen LogP contribution < -0.4 is 5.32 Å². The van der Waals surface area contributed by atoms with Crippen LogP contribution in [0.15, 0.2) is 146 Å². The minimum atomic E-state index is 1.10. The monoisotopic (exact) mass is 597 g/mol. The summed E-state index contributed by atoms with van der Waals surface area (Å²) in [5, 5.41) is 8.98. The van der Waals surface area contributed by atoms with Gasteiger partial charge in [-0.05, 0) is 138 Å². The largest absolute Gasteiger partial charge is 0.356 e. The Bertz CT molecular complexity index is 2510. The molecule has 0 heterocycles. The Morgan fingerprint density at radius 1 is 0.319 bits per heavy atom. The lowest BCUT2D eigenvalue weighted by Crippen LogP contribution is -1.95. The fourth-order valence-electron chi connectivity index (χ4n) is 8.37. The van der Waals surface area contributed by atoms with Crippen molar-refractivity contribution in [2.24, 2.45) is 0 Å². The van der Waals surface area contributed by atoms with Crippen LogP contribution in [0.25, 0.3) is 88.3 Å². The molecule has 0 saturated heterocycles. The van der Waals surface area contributed by atoms with Crippen LogP contribution in [-0.4, -0.2) is 0 Å². The van der Waals surface area contributed by atoms with Gasteiger partial charge >= 0.3 is 0 Å². The molecule has 0 unspecified atom stereocenters. The van der Waals surface area contributed by atoms with Crippen LogP contribution in [0.2, 0.25) is 0 Å². The highest BCUT2D eigenvalue weighted by Crippen LogP contribution is 2.61. The van der Waals surface area contributed by atoms with Gasteiger partial charge in [-0.3, -0.25) is 0 Å². The third-order valence-corrected chi connectivity index (χ3v) is 10.4. The summed E-state index contributed by atoms with van der Waals surface area (Å²) in [6.45, 7) is 4.49. The zero-order chi connectivity index (χ0) is 31.2. The molecule has 1 nitrogen and oxygen atoms in total. The summed E-state index contributed by atoms with van der Waals surface area (Å²) in [6.07, 6.45) is 0. The second kappa shape index (κ2) is 9.79. The van der Waals surface area contributed by atoms with Crippen LogP contribution in [0.5, 0.6) is 0 Å². The lowest BCUT2D eigenvalue weighted by atomic mass is 9.81. The van der Waals surface area contributed by atoms with Gasteiger partial charge in [0.1, 0.15) is 0 Å². The molecular weight excluding hydrogens is 567 g/mol. The van der Waals surface area contributed by atoms with E-state index in [0.29, 0.717) is 0 Å². The summed E-state index contributed by atoms with van der Waals surface area (Å²) in [6, 6.07) is 53.6. The van der Waals surface area contributed by atoms with E-state index in [0.717, 1.165) is 11.4 Å². The lowest BCUT2D eigenvalue weighted by molar-refractivity contribution is 1.46. The zero-order valence-corrected chi connectivity index (χ0v) is 26.4. The van der Waals surface area contributed by atoms with Crippen molar-refractivity contribution >= 4 is 32.9 Å². The summed E-state index contributed by atoms with van der Waals surface area (Å²) in [5.41, 5.74) is 20.7. The molecule has 8 aromatic carbocycles. The molecule has 0 radical (unpaired) electrons. The molecule has 10 rings (SSSR count). The van der Waals surface area contributed by atoms with Gasteiger partial charge in [-0.2, -0.15) is 0 Å². The molecule has 0 saturated carbocycles. The van der Waals surface area contributed by atoms with E-state index in [9.17, 15) is 0 Å². The number of aryl methyl sites for hydroxylation is 2. The quantitative estimate of drug-likeness (QED) is 0.213. The standard InChI is InChI=1S/C46H31N/c1-27-12-6-8-16-31(27)41-34-18-10-11-19-35(34)42(32-17-9-7-13-28(32)2)46-39-25-23-37-40-26-30(47-29-14-4-3-5-15-29)20-21-33(40)36-22-24-38(45(41)46)44(39)43(36)37/h3-26,47H,1-2H3. The van der Waals surface area contributed by atoms with Crippen molar-refractivity contribution < 1.29 is 0 Å². The molecule has 0 bridgehead atoms. The van der Waals surface area contributed by atoms with E-state index in [1.54, 1.807) is 0 Å². The van der Waals surface area contributed by atoms with Crippen molar-refractivity contribution in [2.75, 3.05) is 5.32 Å². The fourth-order valence-corrected chi connectivity index (χ4v) is 8.37. The molecule has 47 heavy (non-hydrogen) atoms. The van der Waals surface area contributed by atoms with Crippen LogP contribution in [0.3, 0.4) is 0 Å². The van der Waals surface area contributed by atoms with Crippen molar-refractivity contribution in [1.29, 1.82) is 0 Å². The van der Waals surface area contributed by atoms with E-state index in [1.807, 2.05) is 0 Å². The molecule has 0 spiro atoms. The summed E-state index contributed by atoms with van der Waals surface area (Å²) < 4.78 is 0. The maximum Gasteiger partial charge on any atom is 0.0390 e. The third kappa shape index (κ3) is 3.66. The molecule has 0 aromatic heterocycles. The van der Waals surface area contributed by atoms with Crippen molar-refractivity contribution in [3.8, 4) is 66.8 Å².